The van der Waals surface area contributed by atoms with Crippen molar-refractivity contribution in [3.63, 3.8) is 0 Å². The summed E-state index contributed by atoms with van der Waals surface area (Å²) >= 11 is 2.62. The zero-order valence-electron chi connectivity index (χ0n) is 13.3. The topological polar surface area (TPSA) is 95.2 Å². The second-order valence-corrected chi connectivity index (χ2v) is 6.95. The number of hydrogen-bond acceptors (Lipinski definition) is 9. The summed E-state index contributed by atoms with van der Waals surface area (Å²) in [6, 6.07) is 1.79. The molecule has 0 spiro atoms. The van der Waals surface area contributed by atoms with E-state index in [0.29, 0.717) is 27.4 Å². The summed E-state index contributed by atoms with van der Waals surface area (Å²) in [5.41, 5.74) is 0.809. The van der Waals surface area contributed by atoms with Crippen molar-refractivity contribution < 1.29 is 9.53 Å². The lowest BCUT2D eigenvalue weighted by Gasteiger charge is -2.01. The highest BCUT2D eigenvalue weighted by atomic mass is 32.2. The van der Waals surface area contributed by atoms with Crippen LogP contribution in [0.4, 0.5) is 0 Å². The molecule has 25 heavy (non-hydrogen) atoms. The fraction of sp³-hybridized carbons (Fsp3) is 0.200. The van der Waals surface area contributed by atoms with Crippen molar-refractivity contribution in [1.82, 2.24) is 29.5 Å². The number of esters is 1. The van der Waals surface area contributed by atoms with E-state index < -0.39 is 0 Å². The molecule has 10 heteroatoms. The monoisotopic (exact) mass is 372 g/mol. The lowest BCUT2D eigenvalue weighted by Crippen LogP contribution is -2.03. The summed E-state index contributed by atoms with van der Waals surface area (Å²) in [5, 5.41) is 6.43. The van der Waals surface area contributed by atoms with Gasteiger partial charge in [0.05, 0.1) is 6.61 Å². The molecule has 126 valence electrons. The maximum absolute atomic E-state index is 12.1. The average molecular weight is 372 g/mol. The van der Waals surface area contributed by atoms with Crippen LogP contribution in [-0.4, -0.2) is 42.1 Å². The third-order valence-corrected chi connectivity index (χ3v) is 5.48. The van der Waals surface area contributed by atoms with Crippen LogP contribution in [-0.2, 0) is 4.74 Å². The Morgan fingerprint density at radius 3 is 3.04 bits per heavy atom. The molecular weight excluding hydrogens is 360 g/mol. The Morgan fingerprint density at radius 1 is 1.36 bits per heavy atom. The molecule has 4 rings (SSSR count). The molecule has 0 saturated heterocycles. The van der Waals surface area contributed by atoms with Crippen molar-refractivity contribution in [3.05, 3.63) is 35.2 Å². The minimum absolute atomic E-state index is 0.331. The number of nitrogens with zero attached hydrogens (tertiary/aromatic N) is 6. The second kappa shape index (κ2) is 6.37. The molecule has 4 aromatic heterocycles. The maximum atomic E-state index is 12.1. The standard InChI is InChI=1S/C15H12N6O2S2/c1-3-23-13(22)10-8(2)9-11(24-10)17-7-18-12(9)25-15-19-14-16-5-4-6-21(14)20-15/h4-7H,3H2,1-2H3. The highest BCUT2D eigenvalue weighted by Gasteiger charge is 2.21. The molecule has 0 radical (unpaired) electrons. The fourth-order valence-corrected chi connectivity index (χ4v) is 4.34. The molecule has 8 nitrogen and oxygen atoms in total. The van der Waals surface area contributed by atoms with Crippen molar-refractivity contribution in [2.45, 2.75) is 24.0 Å². The summed E-state index contributed by atoms with van der Waals surface area (Å²) in [4.78, 5) is 30.6. The van der Waals surface area contributed by atoms with Crippen molar-refractivity contribution in [2.24, 2.45) is 0 Å². The molecule has 0 aliphatic rings. The van der Waals surface area contributed by atoms with Gasteiger partial charge in [-0.3, -0.25) is 0 Å². The summed E-state index contributed by atoms with van der Waals surface area (Å²) in [6.45, 7) is 3.99. The Balaban J connectivity index is 1.77. The molecule has 0 aromatic carbocycles. The lowest BCUT2D eigenvalue weighted by molar-refractivity contribution is 0.0531. The molecule has 0 atom stereocenters. The Labute approximate surface area is 150 Å². The largest absolute Gasteiger partial charge is 0.462 e. The van der Waals surface area contributed by atoms with Gasteiger partial charge in [0, 0.05) is 17.8 Å². The number of thiophene rings is 1. The predicted molar refractivity (Wildman–Crippen MR) is 93.0 cm³/mol. The van der Waals surface area contributed by atoms with Crippen LogP contribution < -0.4 is 0 Å². The lowest BCUT2D eigenvalue weighted by atomic mass is 10.2. The van der Waals surface area contributed by atoms with Crippen LogP contribution in [0.3, 0.4) is 0 Å². The first-order valence-electron chi connectivity index (χ1n) is 7.44. The first-order valence-corrected chi connectivity index (χ1v) is 9.07. The number of hydrogen-bond donors (Lipinski definition) is 0. The summed E-state index contributed by atoms with van der Waals surface area (Å²) in [7, 11) is 0. The van der Waals surface area contributed by atoms with Crippen molar-refractivity contribution in [2.75, 3.05) is 6.61 Å². The van der Waals surface area contributed by atoms with Crippen LogP contribution in [0.25, 0.3) is 16.0 Å². The minimum Gasteiger partial charge on any atom is -0.462 e. The highest BCUT2D eigenvalue weighted by molar-refractivity contribution is 7.99. The summed E-state index contributed by atoms with van der Waals surface area (Å²) in [6.07, 6.45) is 4.92. The fourth-order valence-electron chi connectivity index (χ4n) is 2.35. The minimum atomic E-state index is -0.339. The second-order valence-electron chi connectivity index (χ2n) is 5.00. The van der Waals surface area contributed by atoms with E-state index in [1.54, 1.807) is 29.9 Å². The molecule has 0 aliphatic carbocycles. The van der Waals surface area contributed by atoms with Crippen LogP contribution in [0.2, 0.25) is 0 Å². The van der Waals surface area contributed by atoms with Crippen LogP contribution in [0, 0.1) is 6.92 Å². The molecule has 0 amide bonds. The Hall–Kier alpha value is -2.59. The molecule has 0 bridgehead atoms. The van der Waals surface area contributed by atoms with E-state index in [9.17, 15) is 4.79 Å². The molecule has 0 aliphatic heterocycles. The number of fused-ring (bicyclic) bond motifs is 2. The van der Waals surface area contributed by atoms with Gasteiger partial charge < -0.3 is 4.74 Å². The number of carbonyl (C=O) groups excluding carboxylic acids is 1. The summed E-state index contributed by atoms with van der Waals surface area (Å²) < 4.78 is 6.72. The molecule has 0 saturated carbocycles. The smallest absolute Gasteiger partial charge is 0.348 e. The Kier molecular flexibility index (Phi) is 4.06. The third kappa shape index (κ3) is 2.83. The first-order chi connectivity index (χ1) is 12.2. The van der Waals surface area contributed by atoms with E-state index in [1.807, 2.05) is 6.92 Å². The van der Waals surface area contributed by atoms with Crippen LogP contribution in [0.15, 0.2) is 35.0 Å². The van der Waals surface area contributed by atoms with Gasteiger partial charge in [0.15, 0.2) is 0 Å². The maximum Gasteiger partial charge on any atom is 0.348 e. The van der Waals surface area contributed by atoms with Gasteiger partial charge in [-0.15, -0.1) is 16.4 Å². The van der Waals surface area contributed by atoms with E-state index in [-0.39, 0.29) is 5.97 Å². The molecule has 0 N–H and O–H groups in total. The number of carbonyl (C=O) groups is 1. The molecule has 4 heterocycles. The van der Waals surface area contributed by atoms with Gasteiger partial charge in [-0.05, 0) is 37.2 Å². The van der Waals surface area contributed by atoms with Gasteiger partial charge in [0.1, 0.15) is 21.1 Å². The average Bonchev–Trinajstić information content (AvgIpc) is 3.16. The van der Waals surface area contributed by atoms with Crippen molar-refractivity contribution in [3.8, 4) is 0 Å². The van der Waals surface area contributed by atoms with E-state index >= 15 is 0 Å². The third-order valence-electron chi connectivity index (χ3n) is 3.44. The Bertz CT molecular complexity index is 1060. The van der Waals surface area contributed by atoms with Crippen LogP contribution in [0.5, 0.6) is 0 Å². The van der Waals surface area contributed by atoms with Crippen LogP contribution >= 0.6 is 23.1 Å². The SMILES string of the molecule is CCOC(=O)c1sc2ncnc(Sc3nc4ncccn4n3)c2c1C. The van der Waals surface area contributed by atoms with Gasteiger partial charge >= 0.3 is 5.97 Å². The molecule has 0 unspecified atom stereocenters. The molecular formula is C15H12N6O2S2. The number of aryl methyl sites for hydroxylation is 1. The van der Waals surface area contributed by atoms with E-state index in [4.69, 9.17) is 4.74 Å². The van der Waals surface area contributed by atoms with Gasteiger partial charge in [-0.2, -0.15) is 4.98 Å². The number of rotatable bonds is 4. The van der Waals surface area contributed by atoms with Gasteiger partial charge in [0.25, 0.3) is 5.78 Å². The zero-order valence-corrected chi connectivity index (χ0v) is 15.0. The first kappa shape index (κ1) is 15.9. The van der Waals surface area contributed by atoms with E-state index in [2.05, 4.69) is 25.0 Å². The molecule has 0 fully saturated rings. The zero-order chi connectivity index (χ0) is 17.4. The number of ether oxygens (including phenoxy) is 1. The van der Waals surface area contributed by atoms with Gasteiger partial charge in [-0.1, -0.05) is 0 Å². The predicted octanol–water partition coefficient (Wildman–Crippen LogP) is 2.77. The van der Waals surface area contributed by atoms with Crippen LogP contribution in [0.1, 0.15) is 22.2 Å². The van der Waals surface area contributed by atoms with Gasteiger partial charge in [-0.25, -0.2) is 24.3 Å². The molecule has 4 aromatic rings. The normalized spacial score (nSPS) is 11.3. The van der Waals surface area contributed by atoms with E-state index in [0.717, 1.165) is 15.8 Å². The Morgan fingerprint density at radius 2 is 2.24 bits per heavy atom. The quantitative estimate of drug-likeness (QED) is 0.399. The highest BCUT2D eigenvalue weighted by Crippen LogP contribution is 2.37. The summed E-state index contributed by atoms with van der Waals surface area (Å²) in [5.74, 6) is 0.179. The van der Waals surface area contributed by atoms with E-state index in [1.165, 1.54) is 29.4 Å². The van der Waals surface area contributed by atoms with Crippen molar-refractivity contribution >= 4 is 45.1 Å². The van der Waals surface area contributed by atoms with Crippen molar-refractivity contribution in [1.29, 1.82) is 0 Å². The van der Waals surface area contributed by atoms with Gasteiger partial charge in [0.2, 0.25) is 5.16 Å². The number of aromatic nitrogens is 6.